The molecular weight excluding hydrogens is 260 g/mol. The van der Waals surface area contributed by atoms with E-state index in [-0.39, 0.29) is 5.63 Å². The van der Waals surface area contributed by atoms with Gasteiger partial charge in [0.1, 0.15) is 4.83 Å². The number of allylic oxidation sites excluding steroid dienone is 1. The molecule has 2 aromatic heterocycles. The summed E-state index contributed by atoms with van der Waals surface area (Å²) < 4.78 is 5.14. The number of unbranched alkanes of at least 4 members (excludes halogenated alkanes) is 3. The van der Waals surface area contributed by atoms with Gasteiger partial charge in [-0.1, -0.05) is 12.5 Å². The van der Waals surface area contributed by atoms with E-state index in [4.69, 9.17) is 4.42 Å². The highest BCUT2D eigenvalue weighted by Gasteiger charge is 2.08. The van der Waals surface area contributed by atoms with Crippen molar-refractivity contribution in [3.63, 3.8) is 0 Å². The molecule has 102 valence electrons. The Hall–Kier alpha value is -1.62. The molecule has 0 saturated carbocycles. The number of rotatable bonds is 7. The first-order valence-corrected chi connectivity index (χ1v) is 7.28. The maximum absolute atomic E-state index is 11.7. The second-order valence-corrected chi connectivity index (χ2v) is 5.68. The first-order valence-electron chi connectivity index (χ1n) is 6.47. The number of anilines is 1. The van der Waals surface area contributed by atoms with E-state index in [0.717, 1.165) is 41.9 Å². The molecule has 0 aliphatic heterocycles. The van der Waals surface area contributed by atoms with Gasteiger partial charge < -0.3 is 9.73 Å². The van der Waals surface area contributed by atoms with Crippen LogP contribution in [0.4, 0.5) is 6.01 Å². The molecule has 2 heterocycles. The quantitative estimate of drug-likeness (QED) is 0.619. The lowest BCUT2D eigenvalue weighted by Gasteiger charge is -2.03. The number of thiophene rings is 1. The van der Waals surface area contributed by atoms with Crippen LogP contribution in [0.2, 0.25) is 0 Å². The van der Waals surface area contributed by atoms with Gasteiger partial charge in [0.15, 0.2) is 0 Å². The minimum Gasteiger partial charge on any atom is -0.389 e. The molecule has 2 rings (SSSR count). The van der Waals surface area contributed by atoms with Gasteiger partial charge in [-0.3, -0.25) is 0 Å². The minimum absolute atomic E-state index is 0.316. The predicted molar refractivity (Wildman–Crippen MR) is 80.0 cm³/mol. The van der Waals surface area contributed by atoms with Gasteiger partial charge in [0.05, 0.1) is 5.39 Å². The standard InChI is InChI=1S/C14H18N2O2S/c1-3-4-5-6-7-8-15-14-16-12-11(13(17)18-14)9-10(2)19-12/h3,9H,1,4-8H2,2H3,(H,15,16). The Bertz CT molecular complexity index is 615. The Morgan fingerprint density at radius 3 is 3.11 bits per heavy atom. The maximum Gasteiger partial charge on any atom is 0.349 e. The Balaban J connectivity index is 1.94. The van der Waals surface area contributed by atoms with E-state index in [1.54, 1.807) is 0 Å². The number of fused-ring (bicyclic) bond motifs is 1. The van der Waals surface area contributed by atoms with Crippen molar-refractivity contribution in [2.24, 2.45) is 0 Å². The molecule has 0 saturated heterocycles. The Kier molecular flexibility index (Phi) is 4.74. The fraction of sp³-hybridized carbons (Fsp3) is 0.429. The highest BCUT2D eigenvalue weighted by atomic mass is 32.1. The number of hydrogen-bond acceptors (Lipinski definition) is 5. The third-order valence-electron chi connectivity index (χ3n) is 2.81. The zero-order chi connectivity index (χ0) is 13.7. The molecule has 0 atom stereocenters. The second kappa shape index (κ2) is 6.52. The van der Waals surface area contributed by atoms with Crippen molar-refractivity contribution in [2.75, 3.05) is 11.9 Å². The number of hydrogen-bond donors (Lipinski definition) is 1. The number of nitrogens with zero attached hydrogens (tertiary/aromatic N) is 1. The van der Waals surface area contributed by atoms with Gasteiger partial charge >= 0.3 is 5.63 Å². The van der Waals surface area contributed by atoms with Crippen molar-refractivity contribution in [1.29, 1.82) is 0 Å². The van der Waals surface area contributed by atoms with Crippen LogP contribution in [0.3, 0.4) is 0 Å². The summed E-state index contributed by atoms with van der Waals surface area (Å²) in [7, 11) is 0. The van der Waals surface area contributed by atoms with Crippen LogP contribution < -0.4 is 10.9 Å². The van der Waals surface area contributed by atoms with Gasteiger partial charge in [0.25, 0.3) is 6.01 Å². The van der Waals surface area contributed by atoms with Crippen molar-refractivity contribution < 1.29 is 4.42 Å². The second-order valence-electron chi connectivity index (χ2n) is 4.45. The monoisotopic (exact) mass is 278 g/mol. The zero-order valence-electron chi connectivity index (χ0n) is 11.1. The van der Waals surface area contributed by atoms with E-state index in [1.165, 1.54) is 11.3 Å². The van der Waals surface area contributed by atoms with Crippen LogP contribution in [-0.2, 0) is 0 Å². The van der Waals surface area contributed by atoms with Crippen LogP contribution in [0.25, 0.3) is 10.2 Å². The van der Waals surface area contributed by atoms with Gasteiger partial charge in [0, 0.05) is 11.4 Å². The number of nitrogens with one attached hydrogen (secondary N) is 1. The average Bonchev–Trinajstić information content (AvgIpc) is 2.75. The number of aryl methyl sites for hydroxylation is 1. The number of aromatic nitrogens is 1. The molecule has 0 aromatic carbocycles. The molecule has 0 unspecified atom stereocenters. The third kappa shape index (κ3) is 3.67. The van der Waals surface area contributed by atoms with Crippen molar-refractivity contribution in [2.45, 2.75) is 32.6 Å². The molecule has 1 N–H and O–H groups in total. The molecule has 0 bridgehead atoms. The summed E-state index contributed by atoms with van der Waals surface area (Å²) in [4.78, 5) is 17.9. The Labute approximate surface area is 116 Å². The molecule has 19 heavy (non-hydrogen) atoms. The molecule has 0 spiro atoms. The van der Waals surface area contributed by atoms with E-state index in [2.05, 4.69) is 16.9 Å². The molecule has 0 aliphatic carbocycles. The van der Waals surface area contributed by atoms with E-state index < -0.39 is 0 Å². The largest absolute Gasteiger partial charge is 0.389 e. The van der Waals surface area contributed by atoms with Gasteiger partial charge in [-0.15, -0.1) is 17.9 Å². The normalized spacial score (nSPS) is 10.8. The van der Waals surface area contributed by atoms with Gasteiger partial charge in [-0.05, 0) is 32.3 Å². The zero-order valence-corrected chi connectivity index (χ0v) is 11.9. The molecule has 0 radical (unpaired) electrons. The summed E-state index contributed by atoms with van der Waals surface area (Å²) in [6, 6.07) is 2.14. The van der Waals surface area contributed by atoms with E-state index in [0.29, 0.717) is 11.4 Å². The van der Waals surface area contributed by atoms with Gasteiger partial charge in [-0.25, -0.2) is 4.79 Å². The summed E-state index contributed by atoms with van der Waals surface area (Å²) in [5.41, 5.74) is -0.316. The van der Waals surface area contributed by atoms with E-state index in [9.17, 15) is 4.79 Å². The van der Waals surface area contributed by atoms with Crippen LogP contribution in [-0.4, -0.2) is 11.5 Å². The van der Waals surface area contributed by atoms with Crippen molar-refractivity contribution in [3.8, 4) is 0 Å². The topological polar surface area (TPSA) is 55.1 Å². The van der Waals surface area contributed by atoms with E-state index in [1.807, 2.05) is 19.1 Å². The SMILES string of the molecule is C=CCCCCCNc1nc2sc(C)cc2c(=O)o1. The lowest BCUT2D eigenvalue weighted by Crippen LogP contribution is -2.08. The smallest absolute Gasteiger partial charge is 0.349 e. The minimum atomic E-state index is -0.316. The van der Waals surface area contributed by atoms with Crippen molar-refractivity contribution in [3.05, 3.63) is 34.0 Å². The fourth-order valence-corrected chi connectivity index (χ4v) is 2.71. The van der Waals surface area contributed by atoms with Gasteiger partial charge in [0.2, 0.25) is 0 Å². The van der Waals surface area contributed by atoms with Crippen molar-refractivity contribution in [1.82, 2.24) is 4.98 Å². The first kappa shape index (κ1) is 13.8. The summed E-state index contributed by atoms with van der Waals surface area (Å²) >= 11 is 1.51. The Morgan fingerprint density at radius 2 is 2.32 bits per heavy atom. The van der Waals surface area contributed by atoms with Crippen LogP contribution in [0.5, 0.6) is 0 Å². The lowest BCUT2D eigenvalue weighted by atomic mass is 10.2. The molecule has 5 heteroatoms. The van der Waals surface area contributed by atoms with Crippen LogP contribution in [0, 0.1) is 6.92 Å². The first-order chi connectivity index (χ1) is 9.20. The lowest BCUT2D eigenvalue weighted by molar-refractivity contribution is 0.515. The molecule has 2 aromatic rings. The molecule has 4 nitrogen and oxygen atoms in total. The molecular formula is C14H18N2O2S. The van der Waals surface area contributed by atoms with Crippen LogP contribution in [0.15, 0.2) is 27.9 Å². The molecule has 0 amide bonds. The third-order valence-corrected chi connectivity index (χ3v) is 3.75. The fourth-order valence-electron chi connectivity index (χ4n) is 1.85. The van der Waals surface area contributed by atoms with Crippen LogP contribution >= 0.6 is 11.3 Å². The Morgan fingerprint density at radius 1 is 1.47 bits per heavy atom. The van der Waals surface area contributed by atoms with Crippen LogP contribution in [0.1, 0.15) is 30.6 Å². The van der Waals surface area contributed by atoms with Gasteiger partial charge in [-0.2, -0.15) is 4.98 Å². The summed E-state index contributed by atoms with van der Waals surface area (Å²) in [6.45, 7) is 6.42. The van der Waals surface area contributed by atoms with Crippen molar-refractivity contribution >= 4 is 27.6 Å². The predicted octanol–water partition coefficient (Wildman–Crippen LogP) is 3.72. The molecule has 0 fully saturated rings. The average molecular weight is 278 g/mol. The summed E-state index contributed by atoms with van der Waals surface area (Å²) in [5, 5.41) is 3.64. The highest BCUT2D eigenvalue weighted by molar-refractivity contribution is 7.18. The maximum atomic E-state index is 11.7. The highest BCUT2D eigenvalue weighted by Crippen LogP contribution is 2.21. The summed E-state index contributed by atoms with van der Waals surface area (Å²) in [6.07, 6.45) is 6.28. The van der Waals surface area contributed by atoms with E-state index >= 15 is 0 Å². The molecule has 0 aliphatic rings. The summed E-state index contributed by atoms with van der Waals surface area (Å²) in [5.74, 6) is 0.